The van der Waals surface area contributed by atoms with Crippen LogP contribution in [0.15, 0.2) is 36.4 Å². The van der Waals surface area contributed by atoms with E-state index in [1.807, 2.05) is 39.1 Å². The highest BCUT2D eigenvalue weighted by Crippen LogP contribution is 2.31. The van der Waals surface area contributed by atoms with Crippen LogP contribution < -0.4 is 10.2 Å². The number of hydrogen-bond donors (Lipinski definition) is 1. The van der Waals surface area contributed by atoms with Gasteiger partial charge in [0.2, 0.25) is 0 Å². The molecule has 0 aliphatic carbocycles. The number of benzene rings is 2. The van der Waals surface area contributed by atoms with E-state index >= 15 is 0 Å². The first-order chi connectivity index (χ1) is 12.8. The summed E-state index contributed by atoms with van der Waals surface area (Å²) >= 11 is 0. The minimum absolute atomic E-state index is 0. The number of rotatable bonds is 5. The number of anilines is 1. The molecule has 0 fully saturated rings. The van der Waals surface area contributed by atoms with Gasteiger partial charge in [-0.2, -0.15) is 0 Å². The average Bonchev–Trinajstić information content (AvgIpc) is 2.91. The second-order valence-corrected chi connectivity index (χ2v) is 6.83. The van der Waals surface area contributed by atoms with Gasteiger partial charge in [-0.1, -0.05) is 12.1 Å². The number of hydrogen-bond acceptors (Lipinski definition) is 4. The molecule has 3 rings (SSSR count). The van der Waals surface area contributed by atoms with Gasteiger partial charge >= 0.3 is 0 Å². The molecule has 0 spiro atoms. The second kappa shape index (κ2) is 8.54. The summed E-state index contributed by atoms with van der Waals surface area (Å²) in [5.74, 6) is -0.930. The topological polar surface area (TPSA) is 69.7 Å². The fourth-order valence-corrected chi connectivity index (χ4v) is 3.15. The molecule has 28 heavy (non-hydrogen) atoms. The highest BCUT2D eigenvalue weighted by Gasteiger charge is 2.38. The Morgan fingerprint density at radius 3 is 2.39 bits per heavy atom. The monoisotopic (exact) mass is 401 g/mol. The molecular weight excluding hydrogens is 378 g/mol. The third-order valence-electron chi connectivity index (χ3n) is 4.78. The molecule has 0 bridgehead atoms. The third kappa shape index (κ3) is 3.79. The SMILES string of the molecule is CNCCN(C)C(=O)c1ccc2c(c1)C(=O)N(c1cc(C)ccc1C)C2=O.Cl. The molecule has 0 unspecified atom stereocenters. The minimum atomic E-state index is -0.392. The first kappa shape index (κ1) is 21.6. The summed E-state index contributed by atoms with van der Waals surface area (Å²) < 4.78 is 0. The molecule has 148 valence electrons. The molecule has 1 heterocycles. The van der Waals surface area contributed by atoms with E-state index in [-0.39, 0.29) is 29.8 Å². The van der Waals surface area contributed by atoms with Crippen molar-refractivity contribution in [3.8, 4) is 0 Å². The number of nitrogens with one attached hydrogen (secondary N) is 1. The molecular formula is C21H24ClN3O3. The first-order valence-corrected chi connectivity index (χ1v) is 8.85. The Morgan fingerprint density at radius 1 is 1.04 bits per heavy atom. The summed E-state index contributed by atoms with van der Waals surface area (Å²) in [6.45, 7) is 5.00. The Bertz CT molecular complexity index is 942. The van der Waals surface area contributed by atoms with Gasteiger partial charge in [0.1, 0.15) is 0 Å². The van der Waals surface area contributed by atoms with Crippen molar-refractivity contribution < 1.29 is 14.4 Å². The van der Waals surface area contributed by atoms with Gasteiger partial charge in [0.15, 0.2) is 0 Å². The molecule has 0 saturated heterocycles. The normalized spacial score (nSPS) is 12.6. The Hall–Kier alpha value is -2.70. The van der Waals surface area contributed by atoms with Crippen molar-refractivity contribution >= 4 is 35.8 Å². The van der Waals surface area contributed by atoms with Gasteiger partial charge in [-0.15, -0.1) is 12.4 Å². The number of halogens is 1. The Kier molecular flexibility index (Phi) is 6.59. The summed E-state index contributed by atoms with van der Waals surface area (Å²) in [5, 5.41) is 2.99. The smallest absolute Gasteiger partial charge is 0.266 e. The lowest BCUT2D eigenvalue weighted by molar-refractivity contribution is 0.0796. The van der Waals surface area contributed by atoms with Crippen molar-refractivity contribution in [2.24, 2.45) is 0 Å². The highest BCUT2D eigenvalue weighted by molar-refractivity contribution is 6.35. The number of likely N-dealkylation sites (N-methyl/N-ethyl adjacent to an activating group) is 2. The van der Waals surface area contributed by atoms with Gasteiger partial charge < -0.3 is 10.2 Å². The number of aryl methyl sites for hydroxylation is 2. The zero-order chi connectivity index (χ0) is 19.7. The molecule has 0 saturated carbocycles. The average molecular weight is 402 g/mol. The van der Waals surface area contributed by atoms with Crippen LogP contribution in [0, 0.1) is 13.8 Å². The number of nitrogens with zero attached hydrogens (tertiary/aromatic N) is 2. The van der Waals surface area contributed by atoms with E-state index in [2.05, 4.69) is 5.32 Å². The Morgan fingerprint density at radius 2 is 1.71 bits per heavy atom. The molecule has 1 aliphatic heterocycles. The van der Waals surface area contributed by atoms with E-state index in [0.29, 0.717) is 29.9 Å². The fraction of sp³-hybridized carbons (Fsp3) is 0.286. The molecule has 0 radical (unpaired) electrons. The number of carbonyl (C=O) groups excluding carboxylic acids is 3. The maximum Gasteiger partial charge on any atom is 0.266 e. The van der Waals surface area contributed by atoms with Crippen LogP contribution in [0.5, 0.6) is 0 Å². The molecule has 6 nitrogen and oxygen atoms in total. The summed E-state index contributed by atoms with van der Waals surface area (Å²) in [4.78, 5) is 41.1. The molecule has 3 amide bonds. The van der Waals surface area contributed by atoms with E-state index in [1.165, 1.54) is 11.0 Å². The van der Waals surface area contributed by atoms with Crippen molar-refractivity contribution in [3.63, 3.8) is 0 Å². The molecule has 1 N–H and O–H groups in total. The highest BCUT2D eigenvalue weighted by atomic mass is 35.5. The lowest BCUT2D eigenvalue weighted by Gasteiger charge is -2.17. The lowest BCUT2D eigenvalue weighted by Crippen LogP contribution is -2.32. The predicted molar refractivity (Wildman–Crippen MR) is 112 cm³/mol. The molecule has 7 heteroatoms. The number of amides is 3. The molecule has 2 aromatic rings. The van der Waals surface area contributed by atoms with Crippen LogP contribution in [0.4, 0.5) is 5.69 Å². The summed E-state index contributed by atoms with van der Waals surface area (Å²) in [7, 11) is 3.53. The predicted octanol–water partition coefficient (Wildman–Crippen LogP) is 2.82. The lowest BCUT2D eigenvalue weighted by atomic mass is 10.0. The first-order valence-electron chi connectivity index (χ1n) is 8.85. The molecule has 0 atom stereocenters. The molecule has 2 aromatic carbocycles. The summed E-state index contributed by atoms with van der Waals surface area (Å²) in [6, 6.07) is 10.4. The van der Waals surface area contributed by atoms with E-state index in [9.17, 15) is 14.4 Å². The van der Waals surface area contributed by atoms with Gasteiger partial charge in [-0.05, 0) is 56.3 Å². The number of imide groups is 1. The van der Waals surface area contributed by atoms with Crippen LogP contribution in [0.25, 0.3) is 0 Å². The van der Waals surface area contributed by atoms with Crippen molar-refractivity contribution in [2.45, 2.75) is 13.8 Å². The summed E-state index contributed by atoms with van der Waals surface area (Å²) in [5.41, 5.74) is 3.40. The van der Waals surface area contributed by atoms with Crippen LogP contribution >= 0.6 is 12.4 Å². The second-order valence-electron chi connectivity index (χ2n) is 6.83. The van der Waals surface area contributed by atoms with Gasteiger partial charge in [-0.3, -0.25) is 14.4 Å². The quantitative estimate of drug-likeness (QED) is 0.782. The van der Waals surface area contributed by atoms with Gasteiger partial charge in [-0.25, -0.2) is 4.90 Å². The van der Waals surface area contributed by atoms with Crippen molar-refractivity contribution in [1.82, 2.24) is 10.2 Å². The summed E-state index contributed by atoms with van der Waals surface area (Å²) in [6.07, 6.45) is 0. The van der Waals surface area contributed by atoms with Gasteiger partial charge in [0, 0.05) is 25.7 Å². The van der Waals surface area contributed by atoms with Crippen LogP contribution in [0.2, 0.25) is 0 Å². The van der Waals surface area contributed by atoms with Crippen LogP contribution in [0.1, 0.15) is 42.2 Å². The van der Waals surface area contributed by atoms with Crippen LogP contribution in [0.3, 0.4) is 0 Å². The van der Waals surface area contributed by atoms with Crippen molar-refractivity contribution in [1.29, 1.82) is 0 Å². The molecule has 0 aromatic heterocycles. The van der Waals surface area contributed by atoms with Crippen LogP contribution in [-0.4, -0.2) is 49.8 Å². The largest absolute Gasteiger partial charge is 0.340 e. The van der Waals surface area contributed by atoms with Gasteiger partial charge in [0.25, 0.3) is 17.7 Å². The van der Waals surface area contributed by atoms with Crippen molar-refractivity contribution in [3.05, 3.63) is 64.2 Å². The minimum Gasteiger partial charge on any atom is -0.340 e. The molecule has 1 aliphatic rings. The maximum absolute atomic E-state index is 13.0. The Labute approximate surface area is 170 Å². The van der Waals surface area contributed by atoms with E-state index in [0.717, 1.165) is 11.1 Å². The zero-order valence-electron chi connectivity index (χ0n) is 16.4. The number of fused-ring (bicyclic) bond motifs is 1. The fourth-order valence-electron chi connectivity index (χ4n) is 3.15. The standard InChI is InChI=1S/C21H23N3O3.ClH/c1-13-5-6-14(2)18(11-13)24-20(26)16-8-7-15(12-17(16)21(24)27)19(25)23(4)10-9-22-3;/h5-8,11-12,22H,9-10H2,1-4H3;1H. The number of carbonyl (C=O) groups is 3. The van der Waals surface area contributed by atoms with Gasteiger partial charge in [0.05, 0.1) is 16.8 Å². The van der Waals surface area contributed by atoms with E-state index in [1.54, 1.807) is 24.1 Å². The van der Waals surface area contributed by atoms with E-state index < -0.39 is 5.91 Å². The van der Waals surface area contributed by atoms with E-state index in [4.69, 9.17) is 0 Å². The zero-order valence-corrected chi connectivity index (χ0v) is 17.2. The van der Waals surface area contributed by atoms with Crippen molar-refractivity contribution in [2.75, 3.05) is 32.1 Å². The van der Waals surface area contributed by atoms with Crippen LogP contribution in [-0.2, 0) is 0 Å². The Balaban J connectivity index is 0.00000280. The third-order valence-corrected chi connectivity index (χ3v) is 4.78. The maximum atomic E-state index is 13.0.